The number of nitrogens with two attached hydrogens (primary N) is 1. The van der Waals surface area contributed by atoms with Crippen LogP contribution in [0.4, 0.5) is 0 Å². The van der Waals surface area contributed by atoms with E-state index in [9.17, 15) is 0 Å². The molecule has 0 amide bonds. The quantitative estimate of drug-likeness (QED) is 0.659. The number of hydrogen-bond donors (Lipinski definition) is 2. The summed E-state index contributed by atoms with van der Waals surface area (Å²) in [6.07, 6.45) is 6.55. The van der Waals surface area contributed by atoms with Crippen molar-refractivity contribution in [2.45, 2.75) is 44.6 Å². The molecule has 1 unspecified atom stereocenters. The Morgan fingerprint density at radius 3 is 2.62 bits per heavy atom. The van der Waals surface area contributed by atoms with Gasteiger partial charge >= 0.3 is 0 Å². The van der Waals surface area contributed by atoms with E-state index in [0.717, 1.165) is 25.6 Å². The predicted octanol–water partition coefficient (Wildman–Crippen LogP) is 1.52. The molecule has 2 aliphatic rings. The van der Waals surface area contributed by atoms with Crippen LogP contribution in [0, 0.1) is 11.3 Å². The molecule has 0 saturated heterocycles. The number of nitrogens with one attached hydrogen (secondary N) is 1. The van der Waals surface area contributed by atoms with E-state index >= 15 is 0 Å². The van der Waals surface area contributed by atoms with Crippen molar-refractivity contribution in [2.24, 2.45) is 17.1 Å². The average Bonchev–Trinajstić information content (AvgIpc) is 3.09. The van der Waals surface area contributed by atoms with E-state index in [1.807, 2.05) is 0 Å². The third kappa shape index (κ3) is 3.19. The molecule has 0 aliphatic heterocycles. The van der Waals surface area contributed by atoms with Crippen LogP contribution in [-0.4, -0.2) is 32.3 Å². The zero-order valence-corrected chi connectivity index (χ0v) is 10.7. The molecule has 1 atom stereocenters. The molecule has 16 heavy (non-hydrogen) atoms. The summed E-state index contributed by atoms with van der Waals surface area (Å²) in [6, 6.07) is 0. The van der Waals surface area contributed by atoms with E-state index in [4.69, 9.17) is 10.5 Å². The molecule has 2 fully saturated rings. The molecule has 0 aromatic rings. The first-order valence-corrected chi connectivity index (χ1v) is 6.57. The molecule has 3 heteroatoms. The normalized spacial score (nSPS) is 26.4. The molecular formula is C13H26N2O. The van der Waals surface area contributed by atoms with Crippen molar-refractivity contribution in [3.63, 3.8) is 0 Å². The highest BCUT2D eigenvalue weighted by Crippen LogP contribution is 2.48. The van der Waals surface area contributed by atoms with Gasteiger partial charge in [-0.05, 0) is 50.4 Å². The average molecular weight is 226 g/mol. The second-order valence-electron chi connectivity index (χ2n) is 6.13. The summed E-state index contributed by atoms with van der Waals surface area (Å²) in [6.45, 7) is 5.17. The highest BCUT2D eigenvalue weighted by molar-refractivity contribution is 4.99. The summed E-state index contributed by atoms with van der Waals surface area (Å²) >= 11 is 0. The van der Waals surface area contributed by atoms with Crippen LogP contribution in [0.5, 0.6) is 0 Å². The van der Waals surface area contributed by atoms with Crippen molar-refractivity contribution < 1.29 is 4.74 Å². The Morgan fingerprint density at radius 1 is 1.44 bits per heavy atom. The second-order valence-corrected chi connectivity index (χ2v) is 6.13. The molecule has 3 N–H and O–H groups in total. The molecule has 2 saturated carbocycles. The number of rotatable bonds is 8. The monoisotopic (exact) mass is 226 g/mol. The van der Waals surface area contributed by atoms with E-state index in [1.165, 1.54) is 32.1 Å². The molecule has 0 spiro atoms. The Labute approximate surface area is 99.1 Å². The van der Waals surface area contributed by atoms with E-state index in [0.29, 0.717) is 5.41 Å². The zero-order valence-electron chi connectivity index (χ0n) is 10.7. The number of methoxy groups -OCH3 is 1. The highest BCUT2D eigenvalue weighted by Gasteiger charge is 2.43. The molecule has 0 aromatic heterocycles. The van der Waals surface area contributed by atoms with Crippen LogP contribution in [0.2, 0.25) is 0 Å². The van der Waals surface area contributed by atoms with Crippen molar-refractivity contribution in [3.8, 4) is 0 Å². The zero-order chi connectivity index (χ0) is 11.6. The molecule has 0 bridgehead atoms. The maximum absolute atomic E-state index is 6.28. The Hall–Kier alpha value is -0.120. The molecule has 2 aliphatic carbocycles. The topological polar surface area (TPSA) is 47.3 Å². The smallest absolute Gasteiger partial charge is 0.0468 e. The summed E-state index contributed by atoms with van der Waals surface area (Å²) in [7, 11) is 1.79. The van der Waals surface area contributed by atoms with Gasteiger partial charge < -0.3 is 15.8 Å². The van der Waals surface area contributed by atoms with Gasteiger partial charge in [-0.2, -0.15) is 0 Å². The summed E-state index contributed by atoms with van der Waals surface area (Å²) < 4.78 is 5.16. The molecule has 2 rings (SSSR count). The second kappa shape index (κ2) is 4.63. The Morgan fingerprint density at radius 2 is 2.12 bits per heavy atom. The third-order valence-electron chi connectivity index (χ3n) is 4.31. The summed E-state index contributed by atoms with van der Waals surface area (Å²) in [5, 5.41) is 3.58. The molecule has 0 aromatic carbocycles. The number of hydrogen-bond acceptors (Lipinski definition) is 3. The van der Waals surface area contributed by atoms with Gasteiger partial charge in [0.25, 0.3) is 0 Å². The van der Waals surface area contributed by atoms with Crippen LogP contribution in [0.15, 0.2) is 0 Å². The summed E-state index contributed by atoms with van der Waals surface area (Å²) in [4.78, 5) is 0. The van der Waals surface area contributed by atoms with Gasteiger partial charge in [0.1, 0.15) is 0 Å². The van der Waals surface area contributed by atoms with E-state index in [2.05, 4.69) is 12.2 Å². The first-order chi connectivity index (χ1) is 7.58. The standard InChI is InChI=1S/C13H26N2O/c1-12(14,11-3-4-11)9-15-10-13(5-6-13)7-8-16-2/h11,15H,3-10,14H2,1-2H3. The molecule has 0 radical (unpaired) electrons. The van der Waals surface area contributed by atoms with Gasteiger partial charge in [-0.1, -0.05) is 0 Å². The lowest BCUT2D eigenvalue weighted by atomic mass is 9.96. The lowest BCUT2D eigenvalue weighted by molar-refractivity contribution is 0.170. The third-order valence-corrected chi connectivity index (χ3v) is 4.31. The van der Waals surface area contributed by atoms with Gasteiger partial charge in [0, 0.05) is 32.3 Å². The van der Waals surface area contributed by atoms with Crippen molar-refractivity contribution in [3.05, 3.63) is 0 Å². The van der Waals surface area contributed by atoms with Crippen molar-refractivity contribution >= 4 is 0 Å². The maximum atomic E-state index is 6.28. The van der Waals surface area contributed by atoms with Crippen molar-refractivity contribution in [1.82, 2.24) is 5.32 Å². The summed E-state index contributed by atoms with van der Waals surface area (Å²) in [5.74, 6) is 0.758. The van der Waals surface area contributed by atoms with Gasteiger partial charge in [-0.3, -0.25) is 0 Å². The highest BCUT2D eigenvalue weighted by atomic mass is 16.5. The minimum absolute atomic E-state index is 0.0112. The van der Waals surface area contributed by atoms with Crippen LogP contribution in [-0.2, 0) is 4.74 Å². The van der Waals surface area contributed by atoms with Crippen LogP contribution in [0.3, 0.4) is 0 Å². The summed E-state index contributed by atoms with van der Waals surface area (Å²) in [5.41, 5.74) is 6.83. The minimum atomic E-state index is 0.0112. The molecule has 0 heterocycles. The van der Waals surface area contributed by atoms with Crippen LogP contribution in [0.1, 0.15) is 39.0 Å². The van der Waals surface area contributed by atoms with Crippen LogP contribution < -0.4 is 11.1 Å². The van der Waals surface area contributed by atoms with E-state index < -0.39 is 0 Å². The fourth-order valence-corrected chi connectivity index (χ4v) is 2.49. The molecule has 3 nitrogen and oxygen atoms in total. The van der Waals surface area contributed by atoms with E-state index in [1.54, 1.807) is 7.11 Å². The Kier molecular flexibility index (Phi) is 3.57. The maximum Gasteiger partial charge on any atom is 0.0468 e. The Bertz CT molecular complexity index is 232. The van der Waals surface area contributed by atoms with Gasteiger partial charge in [0.05, 0.1) is 0 Å². The SMILES string of the molecule is COCCC1(CNCC(C)(N)C2CC2)CC1. The lowest BCUT2D eigenvalue weighted by Gasteiger charge is -2.26. The van der Waals surface area contributed by atoms with E-state index in [-0.39, 0.29) is 5.54 Å². The Balaban J connectivity index is 1.63. The minimum Gasteiger partial charge on any atom is -0.385 e. The van der Waals surface area contributed by atoms with Crippen LogP contribution >= 0.6 is 0 Å². The van der Waals surface area contributed by atoms with Crippen molar-refractivity contribution in [2.75, 3.05) is 26.8 Å². The fraction of sp³-hybridized carbons (Fsp3) is 1.00. The molecule has 94 valence electrons. The lowest BCUT2D eigenvalue weighted by Crippen LogP contribution is -2.49. The van der Waals surface area contributed by atoms with Gasteiger partial charge in [-0.15, -0.1) is 0 Å². The largest absolute Gasteiger partial charge is 0.385 e. The fourth-order valence-electron chi connectivity index (χ4n) is 2.49. The predicted molar refractivity (Wildman–Crippen MR) is 66.3 cm³/mol. The van der Waals surface area contributed by atoms with Gasteiger partial charge in [0.15, 0.2) is 0 Å². The molecular weight excluding hydrogens is 200 g/mol. The number of ether oxygens (including phenoxy) is 1. The van der Waals surface area contributed by atoms with Crippen LogP contribution in [0.25, 0.3) is 0 Å². The first kappa shape index (κ1) is 12.3. The van der Waals surface area contributed by atoms with Gasteiger partial charge in [0.2, 0.25) is 0 Å². The van der Waals surface area contributed by atoms with Gasteiger partial charge in [-0.25, -0.2) is 0 Å². The van der Waals surface area contributed by atoms with Crippen molar-refractivity contribution in [1.29, 1.82) is 0 Å². The first-order valence-electron chi connectivity index (χ1n) is 6.57.